The van der Waals surface area contributed by atoms with Gasteiger partial charge in [-0.1, -0.05) is 17.2 Å². The van der Waals surface area contributed by atoms with Crippen molar-refractivity contribution in [1.29, 1.82) is 0 Å². The van der Waals surface area contributed by atoms with Crippen LogP contribution in [0.4, 0.5) is 18.9 Å². The van der Waals surface area contributed by atoms with E-state index in [1.807, 2.05) is 0 Å². The number of carbonyl (C=O) groups excluding carboxylic acids is 2. The first-order valence-corrected chi connectivity index (χ1v) is 6.57. The van der Waals surface area contributed by atoms with Crippen LogP contribution >= 0.6 is 11.6 Å². The van der Waals surface area contributed by atoms with Crippen molar-refractivity contribution in [2.75, 3.05) is 4.90 Å². The molecule has 0 unspecified atom stereocenters. The Kier molecular flexibility index (Phi) is 4.46. The van der Waals surface area contributed by atoms with E-state index in [-0.39, 0.29) is 17.0 Å². The molecule has 0 aliphatic carbocycles. The van der Waals surface area contributed by atoms with Gasteiger partial charge in [0.05, 0.1) is 17.1 Å². The molecular weight excluding hydrogens is 323 g/mol. The van der Waals surface area contributed by atoms with Crippen LogP contribution < -0.4 is 9.64 Å². The molecule has 22 heavy (non-hydrogen) atoms. The molecule has 0 radical (unpaired) electrons. The zero-order valence-electron chi connectivity index (χ0n) is 11.6. The maximum absolute atomic E-state index is 14.0. The van der Waals surface area contributed by atoms with Gasteiger partial charge in [-0.25, -0.2) is 9.29 Å². The predicted molar refractivity (Wildman–Crippen MR) is 73.5 cm³/mol. The molecule has 118 valence electrons. The molecule has 8 heteroatoms. The number of allylic oxidation sites excluding steroid dienone is 1. The highest BCUT2D eigenvalue weighted by Gasteiger charge is 2.37. The van der Waals surface area contributed by atoms with E-state index in [4.69, 9.17) is 11.6 Å². The van der Waals surface area contributed by atoms with Crippen LogP contribution in [0.25, 0.3) is 0 Å². The van der Waals surface area contributed by atoms with E-state index in [9.17, 15) is 22.8 Å². The van der Waals surface area contributed by atoms with Crippen molar-refractivity contribution in [2.45, 2.75) is 26.9 Å². The second-order valence-corrected chi connectivity index (χ2v) is 5.21. The van der Waals surface area contributed by atoms with Gasteiger partial charge in [-0.05, 0) is 19.9 Å². The summed E-state index contributed by atoms with van der Waals surface area (Å²) in [5.74, 6) is -2.83. The molecule has 0 saturated carbocycles. The minimum Gasteiger partial charge on any atom is -0.433 e. The zero-order valence-corrected chi connectivity index (χ0v) is 12.4. The lowest BCUT2D eigenvalue weighted by Crippen LogP contribution is -2.30. The number of rotatable bonds is 3. The van der Waals surface area contributed by atoms with E-state index >= 15 is 0 Å². The van der Waals surface area contributed by atoms with E-state index in [2.05, 4.69) is 4.74 Å². The normalized spacial score (nSPS) is 15.0. The lowest BCUT2D eigenvalue weighted by atomic mass is 10.1. The Bertz CT molecular complexity index is 684. The Labute approximate surface area is 129 Å². The average molecular weight is 334 g/mol. The topological polar surface area (TPSA) is 46.6 Å². The summed E-state index contributed by atoms with van der Waals surface area (Å²) < 4.78 is 42.8. The Morgan fingerprint density at radius 2 is 1.95 bits per heavy atom. The van der Waals surface area contributed by atoms with Crippen LogP contribution in [0.1, 0.15) is 20.3 Å². The van der Waals surface area contributed by atoms with E-state index in [1.54, 1.807) is 13.8 Å². The lowest BCUT2D eigenvalue weighted by molar-refractivity contribution is -0.120. The molecule has 0 spiro atoms. The van der Waals surface area contributed by atoms with Crippen LogP contribution in [0.5, 0.6) is 5.75 Å². The molecule has 1 heterocycles. The number of halogens is 4. The van der Waals surface area contributed by atoms with Crippen LogP contribution in [-0.2, 0) is 9.59 Å². The maximum atomic E-state index is 14.0. The largest absolute Gasteiger partial charge is 0.433 e. The van der Waals surface area contributed by atoms with E-state index in [0.29, 0.717) is 10.5 Å². The molecule has 2 rings (SSSR count). The van der Waals surface area contributed by atoms with Crippen molar-refractivity contribution in [2.24, 2.45) is 0 Å². The number of alkyl halides is 2. The standard InChI is InChI=1S/C14H11ClF3NO3/c1-6(2)7-3-12(20)19(13(7)21)10-5-11(22-14(17)18)8(15)4-9(10)16/h4-5,14H,3H2,1-2H3. The van der Waals surface area contributed by atoms with Gasteiger partial charge >= 0.3 is 6.61 Å². The number of carbonyl (C=O) groups is 2. The van der Waals surface area contributed by atoms with E-state index in [0.717, 1.165) is 12.1 Å². The van der Waals surface area contributed by atoms with Crippen molar-refractivity contribution in [3.05, 3.63) is 34.1 Å². The van der Waals surface area contributed by atoms with Crippen molar-refractivity contribution >= 4 is 29.1 Å². The lowest BCUT2D eigenvalue weighted by Gasteiger charge is -2.17. The van der Waals surface area contributed by atoms with Crippen molar-refractivity contribution in [3.63, 3.8) is 0 Å². The third-order valence-corrected chi connectivity index (χ3v) is 3.40. The Morgan fingerprint density at radius 3 is 2.45 bits per heavy atom. The second kappa shape index (κ2) is 6.00. The number of hydrogen-bond acceptors (Lipinski definition) is 3. The predicted octanol–water partition coefficient (Wildman–Crippen LogP) is 3.68. The van der Waals surface area contributed by atoms with Crippen molar-refractivity contribution in [1.82, 2.24) is 0 Å². The summed E-state index contributed by atoms with van der Waals surface area (Å²) in [6.07, 6.45) is -0.172. The van der Waals surface area contributed by atoms with Crippen LogP contribution in [0, 0.1) is 5.82 Å². The first-order chi connectivity index (χ1) is 10.2. The highest BCUT2D eigenvalue weighted by Crippen LogP contribution is 2.36. The molecule has 0 aromatic heterocycles. The number of anilines is 1. The first-order valence-electron chi connectivity index (χ1n) is 6.20. The van der Waals surface area contributed by atoms with Gasteiger partial charge in [-0.2, -0.15) is 8.78 Å². The van der Waals surface area contributed by atoms with Crippen LogP contribution in [-0.4, -0.2) is 18.4 Å². The SMILES string of the molecule is CC(C)=C1CC(=O)N(c2cc(OC(F)F)c(Cl)cc2F)C1=O. The van der Waals surface area contributed by atoms with Crippen molar-refractivity contribution in [3.8, 4) is 5.75 Å². The van der Waals surface area contributed by atoms with Gasteiger partial charge in [0.2, 0.25) is 5.91 Å². The third-order valence-electron chi connectivity index (χ3n) is 3.10. The number of imide groups is 1. The van der Waals surface area contributed by atoms with Crippen LogP contribution in [0.2, 0.25) is 5.02 Å². The molecule has 0 N–H and O–H groups in total. The molecule has 1 aliphatic rings. The molecule has 0 bridgehead atoms. The summed E-state index contributed by atoms with van der Waals surface area (Å²) in [5, 5.41) is -0.386. The number of benzene rings is 1. The fourth-order valence-corrected chi connectivity index (χ4v) is 2.26. The summed E-state index contributed by atoms with van der Waals surface area (Å²) in [4.78, 5) is 24.7. The fraction of sp³-hybridized carbons (Fsp3) is 0.286. The van der Waals surface area contributed by atoms with Gasteiger partial charge in [0.1, 0.15) is 11.6 Å². The number of ether oxygens (including phenoxy) is 1. The molecule has 1 saturated heterocycles. The molecular formula is C14H11ClF3NO3. The zero-order chi connectivity index (χ0) is 16.6. The summed E-state index contributed by atoms with van der Waals surface area (Å²) in [7, 11) is 0. The fourth-order valence-electron chi connectivity index (χ4n) is 2.06. The Balaban J connectivity index is 2.51. The van der Waals surface area contributed by atoms with Gasteiger partial charge in [-0.3, -0.25) is 9.59 Å². The number of amides is 2. The minimum absolute atomic E-state index is 0.172. The summed E-state index contributed by atoms with van der Waals surface area (Å²) in [6.45, 7) is 0.121. The molecule has 1 aromatic carbocycles. The molecule has 1 aliphatic heterocycles. The van der Waals surface area contributed by atoms with E-state index < -0.39 is 35.7 Å². The first kappa shape index (κ1) is 16.4. The van der Waals surface area contributed by atoms with Gasteiger partial charge in [0.15, 0.2) is 0 Å². The van der Waals surface area contributed by atoms with Gasteiger partial charge in [-0.15, -0.1) is 0 Å². The van der Waals surface area contributed by atoms with Gasteiger partial charge in [0.25, 0.3) is 5.91 Å². The third kappa shape index (κ3) is 2.94. The smallest absolute Gasteiger partial charge is 0.387 e. The quantitative estimate of drug-likeness (QED) is 0.626. The molecule has 1 fully saturated rings. The van der Waals surface area contributed by atoms with Crippen molar-refractivity contribution < 1.29 is 27.5 Å². The molecule has 4 nitrogen and oxygen atoms in total. The number of nitrogens with zero attached hydrogens (tertiary/aromatic N) is 1. The van der Waals surface area contributed by atoms with Gasteiger partial charge < -0.3 is 4.74 Å². The minimum atomic E-state index is -3.17. The van der Waals surface area contributed by atoms with Gasteiger partial charge in [0, 0.05) is 11.6 Å². The van der Waals surface area contributed by atoms with Crippen LogP contribution in [0.15, 0.2) is 23.3 Å². The summed E-state index contributed by atoms with van der Waals surface area (Å²) in [5.41, 5.74) is 0.404. The highest BCUT2D eigenvalue weighted by atomic mass is 35.5. The summed E-state index contributed by atoms with van der Waals surface area (Å²) in [6, 6.07) is 1.53. The summed E-state index contributed by atoms with van der Waals surface area (Å²) >= 11 is 5.61. The number of hydrogen-bond donors (Lipinski definition) is 0. The molecule has 2 amide bonds. The molecule has 0 atom stereocenters. The van der Waals surface area contributed by atoms with Crippen LogP contribution in [0.3, 0.4) is 0 Å². The average Bonchev–Trinajstić information content (AvgIpc) is 2.68. The second-order valence-electron chi connectivity index (χ2n) is 4.80. The Hall–Kier alpha value is -2.02. The maximum Gasteiger partial charge on any atom is 0.387 e. The monoisotopic (exact) mass is 333 g/mol. The Morgan fingerprint density at radius 1 is 1.32 bits per heavy atom. The highest BCUT2D eigenvalue weighted by molar-refractivity contribution is 6.32. The molecule has 1 aromatic rings. The van der Waals surface area contributed by atoms with E-state index in [1.165, 1.54) is 0 Å².